The van der Waals surface area contributed by atoms with Gasteiger partial charge < -0.3 is 10.3 Å². The van der Waals surface area contributed by atoms with Gasteiger partial charge in [-0.05, 0) is 29.3 Å². The summed E-state index contributed by atoms with van der Waals surface area (Å²) < 4.78 is 0. The lowest BCUT2D eigenvalue weighted by atomic mass is 10.2. The van der Waals surface area contributed by atoms with Gasteiger partial charge in [-0.15, -0.1) is 0 Å². The van der Waals surface area contributed by atoms with Crippen LogP contribution in [0.25, 0.3) is 0 Å². The Bertz CT molecular complexity index is 458. The second kappa shape index (κ2) is 4.74. The molecule has 0 aromatic carbocycles. The third kappa shape index (κ3) is 2.77. The summed E-state index contributed by atoms with van der Waals surface area (Å²) in [5.74, 6) is 0. The Hall–Kier alpha value is -0.910. The van der Waals surface area contributed by atoms with Crippen LogP contribution < -0.4 is 10.2 Å². The van der Waals surface area contributed by atoms with Crippen LogP contribution in [0.4, 0.5) is 0 Å². The SMILES string of the molecule is CC(NCc1csc(=O)[nH]1)c1ccsc1. The molecule has 2 aromatic rings. The topological polar surface area (TPSA) is 44.9 Å². The Labute approximate surface area is 95.8 Å². The number of aromatic amines is 1. The van der Waals surface area contributed by atoms with Crippen molar-refractivity contribution in [3.05, 3.63) is 43.1 Å². The van der Waals surface area contributed by atoms with E-state index in [4.69, 9.17) is 0 Å². The highest BCUT2D eigenvalue weighted by Gasteiger charge is 2.05. The van der Waals surface area contributed by atoms with E-state index in [1.807, 2.05) is 5.38 Å². The zero-order valence-corrected chi connectivity index (χ0v) is 9.95. The number of thiophene rings is 1. The van der Waals surface area contributed by atoms with Gasteiger partial charge in [-0.1, -0.05) is 11.3 Å². The van der Waals surface area contributed by atoms with Crippen LogP contribution in [0.1, 0.15) is 24.2 Å². The third-order valence-electron chi connectivity index (χ3n) is 2.21. The molecule has 0 aliphatic rings. The molecule has 0 aliphatic carbocycles. The van der Waals surface area contributed by atoms with Gasteiger partial charge in [0.15, 0.2) is 0 Å². The van der Waals surface area contributed by atoms with Crippen molar-refractivity contribution < 1.29 is 0 Å². The van der Waals surface area contributed by atoms with Crippen LogP contribution in [0.3, 0.4) is 0 Å². The van der Waals surface area contributed by atoms with E-state index in [2.05, 4.69) is 34.1 Å². The van der Waals surface area contributed by atoms with Crippen molar-refractivity contribution in [2.24, 2.45) is 0 Å². The summed E-state index contributed by atoms with van der Waals surface area (Å²) in [4.78, 5) is 13.7. The molecular formula is C10H12N2OS2. The zero-order chi connectivity index (χ0) is 10.7. The minimum Gasteiger partial charge on any atom is -0.315 e. The van der Waals surface area contributed by atoms with Crippen LogP contribution in [-0.2, 0) is 6.54 Å². The first-order valence-corrected chi connectivity index (χ1v) is 6.50. The molecule has 1 atom stereocenters. The smallest absolute Gasteiger partial charge is 0.304 e. The van der Waals surface area contributed by atoms with Gasteiger partial charge in [0, 0.05) is 23.7 Å². The maximum Gasteiger partial charge on any atom is 0.304 e. The van der Waals surface area contributed by atoms with Gasteiger partial charge in [0.05, 0.1) is 0 Å². The molecule has 0 saturated carbocycles. The van der Waals surface area contributed by atoms with Crippen LogP contribution in [0.2, 0.25) is 0 Å². The molecule has 3 nitrogen and oxygen atoms in total. The van der Waals surface area contributed by atoms with Crippen molar-refractivity contribution in [3.8, 4) is 0 Å². The van der Waals surface area contributed by atoms with Gasteiger partial charge in [0.25, 0.3) is 0 Å². The first kappa shape index (κ1) is 10.6. The highest BCUT2D eigenvalue weighted by molar-refractivity contribution is 7.08. The molecule has 0 spiro atoms. The Morgan fingerprint density at radius 3 is 3.00 bits per heavy atom. The lowest BCUT2D eigenvalue weighted by molar-refractivity contribution is 0.570. The lowest BCUT2D eigenvalue weighted by Gasteiger charge is -2.10. The standard InChI is InChI=1S/C10H12N2OS2/c1-7(8-2-3-14-5-8)11-4-9-6-15-10(13)12-9/h2-3,5-7,11H,4H2,1H3,(H,12,13). The Kier molecular flexibility index (Phi) is 3.35. The third-order valence-corrected chi connectivity index (χ3v) is 3.63. The molecule has 0 aliphatic heterocycles. The van der Waals surface area contributed by atoms with Crippen molar-refractivity contribution in [1.82, 2.24) is 10.3 Å². The van der Waals surface area contributed by atoms with Crippen LogP contribution >= 0.6 is 22.7 Å². The molecule has 5 heteroatoms. The van der Waals surface area contributed by atoms with Crippen molar-refractivity contribution in [2.75, 3.05) is 0 Å². The van der Waals surface area contributed by atoms with E-state index in [9.17, 15) is 4.79 Å². The second-order valence-electron chi connectivity index (χ2n) is 3.33. The van der Waals surface area contributed by atoms with Gasteiger partial charge >= 0.3 is 4.87 Å². The first-order valence-electron chi connectivity index (χ1n) is 4.68. The van der Waals surface area contributed by atoms with E-state index >= 15 is 0 Å². The summed E-state index contributed by atoms with van der Waals surface area (Å²) in [6, 6.07) is 2.43. The number of hydrogen-bond acceptors (Lipinski definition) is 4. The number of H-pyrrole nitrogens is 1. The maximum atomic E-state index is 10.9. The average molecular weight is 240 g/mol. The zero-order valence-electron chi connectivity index (χ0n) is 8.32. The largest absolute Gasteiger partial charge is 0.315 e. The van der Waals surface area contributed by atoms with E-state index in [1.165, 1.54) is 16.9 Å². The molecule has 0 radical (unpaired) electrons. The second-order valence-corrected chi connectivity index (χ2v) is 4.95. The first-order chi connectivity index (χ1) is 7.25. The highest BCUT2D eigenvalue weighted by Crippen LogP contribution is 2.15. The normalized spacial score (nSPS) is 12.9. The summed E-state index contributed by atoms with van der Waals surface area (Å²) in [7, 11) is 0. The fourth-order valence-corrected chi connectivity index (χ4v) is 2.64. The van der Waals surface area contributed by atoms with E-state index in [0.717, 1.165) is 5.69 Å². The van der Waals surface area contributed by atoms with Crippen molar-refractivity contribution in [2.45, 2.75) is 19.5 Å². The number of nitrogens with one attached hydrogen (secondary N) is 2. The molecule has 15 heavy (non-hydrogen) atoms. The summed E-state index contributed by atoms with van der Waals surface area (Å²) in [6.07, 6.45) is 0. The number of hydrogen-bond donors (Lipinski definition) is 2. The van der Waals surface area contributed by atoms with E-state index in [0.29, 0.717) is 12.6 Å². The van der Waals surface area contributed by atoms with Gasteiger partial charge in [-0.2, -0.15) is 11.3 Å². The number of thiazole rings is 1. The molecule has 80 valence electrons. The Morgan fingerprint density at radius 1 is 1.53 bits per heavy atom. The summed E-state index contributed by atoms with van der Waals surface area (Å²) in [5, 5.41) is 9.42. The predicted octanol–water partition coefficient (Wildman–Crippen LogP) is 2.35. The van der Waals surface area contributed by atoms with E-state index < -0.39 is 0 Å². The Morgan fingerprint density at radius 2 is 2.40 bits per heavy atom. The molecule has 2 N–H and O–H groups in total. The predicted molar refractivity (Wildman–Crippen MR) is 64.5 cm³/mol. The van der Waals surface area contributed by atoms with Crippen molar-refractivity contribution in [1.29, 1.82) is 0 Å². The number of aromatic nitrogens is 1. The van der Waals surface area contributed by atoms with Crippen LogP contribution in [0, 0.1) is 0 Å². The quantitative estimate of drug-likeness (QED) is 0.861. The minimum absolute atomic E-state index is 0.00925. The summed E-state index contributed by atoms with van der Waals surface area (Å²) >= 11 is 2.90. The van der Waals surface area contributed by atoms with Crippen LogP contribution in [0.5, 0.6) is 0 Å². The Balaban J connectivity index is 1.91. The minimum atomic E-state index is 0.00925. The average Bonchev–Trinajstić information content (AvgIpc) is 2.84. The van der Waals surface area contributed by atoms with E-state index in [-0.39, 0.29) is 4.87 Å². The molecule has 2 heterocycles. The maximum absolute atomic E-state index is 10.9. The van der Waals surface area contributed by atoms with Crippen molar-refractivity contribution in [3.63, 3.8) is 0 Å². The van der Waals surface area contributed by atoms with Crippen molar-refractivity contribution >= 4 is 22.7 Å². The fourth-order valence-electron chi connectivity index (χ4n) is 1.30. The summed E-state index contributed by atoms with van der Waals surface area (Å²) in [6.45, 7) is 2.82. The molecule has 0 saturated heterocycles. The molecule has 0 fully saturated rings. The molecule has 2 rings (SSSR count). The fraction of sp³-hybridized carbons (Fsp3) is 0.300. The van der Waals surface area contributed by atoms with Crippen LogP contribution in [0.15, 0.2) is 27.0 Å². The lowest BCUT2D eigenvalue weighted by Crippen LogP contribution is -2.18. The van der Waals surface area contributed by atoms with E-state index in [1.54, 1.807) is 11.3 Å². The number of rotatable bonds is 4. The van der Waals surface area contributed by atoms with Gasteiger partial charge in [0.1, 0.15) is 0 Å². The van der Waals surface area contributed by atoms with Crippen LogP contribution in [-0.4, -0.2) is 4.98 Å². The monoisotopic (exact) mass is 240 g/mol. The molecular weight excluding hydrogens is 228 g/mol. The molecule has 2 aromatic heterocycles. The van der Waals surface area contributed by atoms with Gasteiger partial charge in [-0.3, -0.25) is 4.79 Å². The summed E-state index contributed by atoms with van der Waals surface area (Å²) in [5.41, 5.74) is 2.24. The molecule has 0 bridgehead atoms. The van der Waals surface area contributed by atoms with Gasteiger partial charge in [0.2, 0.25) is 0 Å². The highest BCUT2D eigenvalue weighted by atomic mass is 32.1. The molecule has 0 amide bonds. The molecule has 1 unspecified atom stereocenters. The van der Waals surface area contributed by atoms with Gasteiger partial charge in [-0.25, -0.2) is 0 Å².